The quantitative estimate of drug-likeness (QED) is 0.538. The van der Waals surface area contributed by atoms with Gasteiger partial charge in [0, 0.05) is 18.0 Å². The molecule has 1 atom stereocenters. The lowest BCUT2D eigenvalue weighted by Gasteiger charge is -2.11. The van der Waals surface area contributed by atoms with Crippen molar-refractivity contribution in [3.8, 4) is 5.75 Å². The maximum atomic E-state index is 11.6. The van der Waals surface area contributed by atoms with E-state index in [0.29, 0.717) is 24.3 Å². The molecule has 0 bridgehead atoms. The molecule has 0 saturated carbocycles. The van der Waals surface area contributed by atoms with Gasteiger partial charge in [0.1, 0.15) is 5.75 Å². The highest BCUT2D eigenvalue weighted by molar-refractivity contribution is 5.94. The number of hydrogen-bond acceptors (Lipinski definition) is 4. The maximum Gasteiger partial charge on any atom is 0.305 e. The Morgan fingerprint density at radius 1 is 1.32 bits per heavy atom. The Hall–Kier alpha value is -2.37. The summed E-state index contributed by atoms with van der Waals surface area (Å²) in [5, 5.41) is 11.2. The van der Waals surface area contributed by atoms with Crippen LogP contribution in [0.4, 0.5) is 0 Å². The van der Waals surface area contributed by atoms with Crippen LogP contribution in [0.5, 0.6) is 5.75 Å². The van der Waals surface area contributed by atoms with E-state index < -0.39 is 12.0 Å². The highest BCUT2D eigenvalue weighted by Crippen LogP contribution is 2.14. The second kappa shape index (κ2) is 8.81. The summed E-state index contributed by atoms with van der Waals surface area (Å²) in [7, 11) is 0. The minimum absolute atomic E-state index is 0.0303. The topological polar surface area (TPSA) is 92.7 Å². The first-order valence-electron chi connectivity index (χ1n) is 7.13. The lowest BCUT2D eigenvalue weighted by molar-refractivity contribution is -0.137. The maximum absolute atomic E-state index is 11.6. The smallest absolute Gasteiger partial charge is 0.305 e. The van der Waals surface area contributed by atoms with Gasteiger partial charge in [-0.15, -0.1) is 0 Å². The van der Waals surface area contributed by atoms with Crippen LogP contribution in [0.2, 0.25) is 0 Å². The first kappa shape index (κ1) is 17.7. The van der Waals surface area contributed by atoms with Crippen LogP contribution in [0, 0.1) is 0 Å². The first-order chi connectivity index (χ1) is 10.4. The van der Waals surface area contributed by atoms with E-state index in [1.54, 1.807) is 31.2 Å². The van der Waals surface area contributed by atoms with E-state index in [1.807, 2.05) is 0 Å². The van der Waals surface area contributed by atoms with E-state index in [2.05, 4.69) is 5.32 Å². The minimum Gasteiger partial charge on any atom is -0.494 e. The summed E-state index contributed by atoms with van der Waals surface area (Å²) in [6, 6.07) is 6.48. The summed E-state index contributed by atoms with van der Waals surface area (Å²) in [5.74, 6) is -0.582. The molecule has 1 rings (SSSR count). The average molecular weight is 307 g/mol. The molecular formula is C16H21NO5. The summed E-state index contributed by atoms with van der Waals surface area (Å²) in [4.78, 5) is 33.3. The number of aliphatic carboxylic acids is 1. The van der Waals surface area contributed by atoms with Gasteiger partial charge in [0.2, 0.25) is 5.91 Å². The zero-order valence-corrected chi connectivity index (χ0v) is 12.8. The molecule has 2 N–H and O–H groups in total. The molecule has 0 aromatic heterocycles. The third-order valence-electron chi connectivity index (χ3n) is 2.95. The molecule has 0 fully saturated rings. The third kappa shape index (κ3) is 6.88. The predicted octanol–water partition coefficient (Wildman–Crippen LogP) is 2.03. The van der Waals surface area contributed by atoms with Crippen LogP contribution in [-0.4, -0.2) is 35.4 Å². The lowest BCUT2D eigenvalue weighted by atomic mass is 10.1. The number of Topliss-reactive ketones (excluding diaryl/α,β-unsaturated/α-hetero) is 1. The van der Waals surface area contributed by atoms with Crippen molar-refractivity contribution < 1.29 is 24.2 Å². The minimum atomic E-state index is -0.943. The molecule has 0 radical (unpaired) electrons. The van der Waals surface area contributed by atoms with Gasteiger partial charge in [0.25, 0.3) is 0 Å². The number of benzene rings is 1. The number of carbonyl (C=O) groups is 3. The van der Waals surface area contributed by atoms with Gasteiger partial charge in [-0.05, 0) is 32.4 Å². The van der Waals surface area contributed by atoms with Crippen LogP contribution in [0.25, 0.3) is 0 Å². The number of ether oxygens (including phenoxy) is 1. The zero-order chi connectivity index (χ0) is 16.5. The number of amides is 1. The van der Waals surface area contributed by atoms with Crippen molar-refractivity contribution in [3.63, 3.8) is 0 Å². The summed E-state index contributed by atoms with van der Waals surface area (Å²) in [5.41, 5.74) is 0.581. The molecule has 1 unspecified atom stereocenters. The van der Waals surface area contributed by atoms with Crippen LogP contribution in [0.1, 0.15) is 43.5 Å². The second-order valence-corrected chi connectivity index (χ2v) is 5.10. The molecular weight excluding hydrogens is 286 g/mol. The standard InChI is InChI=1S/C16H21NO5/c1-11(9-16(20)21)17-15(19)7-4-8-22-14-6-3-5-13(10-14)12(2)18/h3,5-6,10-11H,4,7-9H2,1-2H3,(H,17,19)(H,20,21). The normalized spacial score (nSPS) is 11.5. The van der Waals surface area contributed by atoms with Crippen LogP contribution in [0.15, 0.2) is 24.3 Å². The monoisotopic (exact) mass is 307 g/mol. The van der Waals surface area contributed by atoms with Crippen molar-refractivity contribution in [1.82, 2.24) is 5.32 Å². The molecule has 1 amide bonds. The fourth-order valence-corrected chi connectivity index (χ4v) is 1.89. The van der Waals surface area contributed by atoms with E-state index in [9.17, 15) is 14.4 Å². The molecule has 0 heterocycles. The fraction of sp³-hybridized carbons (Fsp3) is 0.438. The van der Waals surface area contributed by atoms with Gasteiger partial charge in [0.05, 0.1) is 13.0 Å². The number of hydrogen-bond donors (Lipinski definition) is 2. The summed E-state index contributed by atoms with van der Waals surface area (Å²) < 4.78 is 5.49. The van der Waals surface area contributed by atoms with E-state index >= 15 is 0 Å². The summed E-state index contributed by atoms with van der Waals surface area (Å²) in [6.07, 6.45) is 0.673. The number of ketones is 1. The molecule has 0 spiro atoms. The fourth-order valence-electron chi connectivity index (χ4n) is 1.89. The summed E-state index contributed by atoms with van der Waals surface area (Å²) in [6.45, 7) is 3.49. The van der Waals surface area contributed by atoms with Crippen molar-refractivity contribution in [1.29, 1.82) is 0 Å². The second-order valence-electron chi connectivity index (χ2n) is 5.10. The number of carboxylic acid groups (broad SMARTS) is 1. The zero-order valence-electron chi connectivity index (χ0n) is 12.8. The molecule has 0 aliphatic carbocycles. The van der Waals surface area contributed by atoms with Crippen molar-refractivity contribution in [3.05, 3.63) is 29.8 Å². The Kier molecular flexibility index (Phi) is 7.08. The van der Waals surface area contributed by atoms with E-state index in [-0.39, 0.29) is 24.5 Å². The van der Waals surface area contributed by atoms with Gasteiger partial charge >= 0.3 is 5.97 Å². The highest BCUT2D eigenvalue weighted by atomic mass is 16.5. The summed E-state index contributed by atoms with van der Waals surface area (Å²) >= 11 is 0. The van der Waals surface area contributed by atoms with Crippen molar-refractivity contribution >= 4 is 17.7 Å². The van der Waals surface area contributed by atoms with Crippen LogP contribution >= 0.6 is 0 Å². The molecule has 1 aromatic rings. The van der Waals surface area contributed by atoms with Crippen molar-refractivity contribution in [2.24, 2.45) is 0 Å². The first-order valence-corrected chi connectivity index (χ1v) is 7.13. The van der Waals surface area contributed by atoms with E-state index in [1.165, 1.54) is 6.92 Å². The van der Waals surface area contributed by atoms with Gasteiger partial charge < -0.3 is 15.2 Å². The Morgan fingerprint density at radius 3 is 2.68 bits per heavy atom. The lowest BCUT2D eigenvalue weighted by Crippen LogP contribution is -2.34. The van der Waals surface area contributed by atoms with Crippen molar-refractivity contribution in [2.45, 2.75) is 39.2 Å². The van der Waals surface area contributed by atoms with Gasteiger partial charge in [-0.25, -0.2) is 0 Å². The average Bonchev–Trinajstić information content (AvgIpc) is 2.43. The highest BCUT2D eigenvalue weighted by Gasteiger charge is 2.10. The third-order valence-corrected chi connectivity index (χ3v) is 2.95. The van der Waals surface area contributed by atoms with Gasteiger partial charge in [-0.3, -0.25) is 14.4 Å². The number of nitrogens with one attached hydrogen (secondary N) is 1. The van der Waals surface area contributed by atoms with Gasteiger partial charge in [0.15, 0.2) is 5.78 Å². The van der Waals surface area contributed by atoms with Crippen LogP contribution in [-0.2, 0) is 9.59 Å². The molecule has 6 nitrogen and oxygen atoms in total. The number of carboxylic acids is 1. The Morgan fingerprint density at radius 2 is 2.05 bits per heavy atom. The van der Waals surface area contributed by atoms with Crippen LogP contribution in [0.3, 0.4) is 0 Å². The Balaban J connectivity index is 2.27. The van der Waals surface area contributed by atoms with E-state index in [4.69, 9.17) is 9.84 Å². The van der Waals surface area contributed by atoms with Crippen LogP contribution < -0.4 is 10.1 Å². The molecule has 0 saturated heterocycles. The number of rotatable bonds is 9. The van der Waals surface area contributed by atoms with E-state index in [0.717, 1.165) is 0 Å². The Bertz CT molecular complexity index is 541. The van der Waals surface area contributed by atoms with Gasteiger partial charge in [-0.1, -0.05) is 12.1 Å². The largest absolute Gasteiger partial charge is 0.494 e. The predicted molar refractivity (Wildman–Crippen MR) is 81.0 cm³/mol. The molecule has 0 aliphatic heterocycles. The molecule has 6 heteroatoms. The number of carbonyl (C=O) groups excluding carboxylic acids is 2. The molecule has 22 heavy (non-hydrogen) atoms. The van der Waals surface area contributed by atoms with Gasteiger partial charge in [-0.2, -0.15) is 0 Å². The van der Waals surface area contributed by atoms with Crippen molar-refractivity contribution in [2.75, 3.05) is 6.61 Å². The SMILES string of the molecule is CC(=O)c1cccc(OCCCC(=O)NC(C)CC(=O)O)c1. The molecule has 1 aromatic carbocycles. The molecule has 120 valence electrons. The molecule has 0 aliphatic rings. The Labute approximate surface area is 129 Å².